The zero-order chi connectivity index (χ0) is 27.8. The topological polar surface area (TPSA) is 109 Å². The molecule has 1 fully saturated rings. The van der Waals surface area contributed by atoms with Crippen LogP contribution in [-0.4, -0.2) is 68.1 Å². The fourth-order valence-electron chi connectivity index (χ4n) is 4.90. The third-order valence-electron chi connectivity index (χ3n) is 7.08. The number of rotatable bonds is 9. The molecule has 2 aromatic rings. The number of hydrogen-bond acceptors (Lipinski definition) is 7. The highest BCUT2D eigenvalue weighted by atomic mass is 16.5. The first-order valence-corrected chi connectivity index (χ1v) is 13.2. The Hall–Kier alpha value is -3.95. The Bertz CT molecular complexity index is 1280. The summed E-state index contributed by atoms with van der Waals surface area (Å²) in [7, 11) is 1.52. The highest BCUT2D eigenvalue weighted by molar-refractivity contribution is 6.02. The molecule has 0 bridgehead atoms. The highest BCUT2D eigenvalue weighted by Gasteiger charge is 2.44. The Kier molecular flexibility index (Phi) is 9.16. The van der Waals surface area contributed by atoms with E-state index >= 15 is 0 Å². The van der Waals surface area contributed by atoms with E-state index in [9.17, 15) is 14.4 Å². The lowest BCUT2D eigenvalue weighted by molar-refractivity contribution is -0.155. The maximum atomic E-state index is 13.2. The number of benzene rings is 2. The van der Waals surface area contributed by atoms with Crippen LogP contribution in [0.15, 0.2) is 66.3 Å². The molecule has 1 unspecified atom stereocenters. The third kappa shape index (κ3) is 6.55. The molecule has 0 saturated carbocycles. The average Bonchev–Trinajstić information content (AvgIpc) is 2.95. The lowest BCUT2D eigenvalue weighted by Crippen LogP contribution is -2.60. The fourth-order valence-corrected chi connectivity index (χ4v) is 4.90. The molecule has 39 heavy (non-hydrogen) atoms. The molecule has 9 heteroatoms. The largest absolute Gasteiger partial charge is 0.495 e. The molecule has 4 rings (SSSR count). The number of amides is 2. The standard InChI is InChI=1S/C30H36N4O5/c1-4-39-28(36)30(34-17-15-31-16-18-34)13-11-23(12-14-30)26(35)19-22-9-10-25(27(20-22)38-3)33-29(37)32-24-8-6-5-7-21(24)2/h5-13,20,31H,4,14-19H2,1-3H3,(H2,32,33,37). The summed E-state index contributed by atoms with van der Waals surface area (Å²) in [6.07, 6.45) is 5.94. The van der Waals surface area contributed by atoms with Crippen LogP contribution in [0.4, 0.5) is 16.2 Å². The van der Waals surface area contributed by atoms with E-state index in [1.165, 1.54) is 7.11 Å². The summed E-state index contributed by atoms with van der Waals surface area (Å²) >= 11 is 0. The Morgan fingerprint density at radius 1 is 1.05 bits per heavy atom. The molecule has 2 aromatic carbocycles. The molecule has 0 aromatic heterocycles. The van der Waals surface area contributed by atoms with Gasteiger partial charge in [0.2, 0.25) is 0 Å². The van der Waals surface area contributed by atoms with Crippen molar-refractivity contribution in [1.82, 2.24) is 10.2 Å². The number of ether oxygens (including phenoxy) is 2. The number of nitrogens with one attached hydrogen (secondary N) is 3. The maximum absolute atomic E-state index is 13.2. The monoisotopic (exact) mass is 532 g/mol. The normalized spacial score (nSPS) is 19.1. The van der Waals surface area contributed by atoms with E-state index in [4.69, 9.17) is 9.47 Å². The van der Waals surface area contributed by atoms with E-state index < -0.39 is 11.6 Å². The van der Waals surface area contributed by atoms with Gasteiger partial charge in [-0.2, -0.15) is 0 Å². The van der Waals surface area contributed by atoms with Crippen LogP contribution >= 0.6 is 0 Å². The van der Waals surface area contributed by atoms with Crippen LogP contribution in [-0.2, 0) is 20.7 Å². The summed E-state index contributed by atoms with van der Waals surface area (Å²) in [5.74, 6) is 0.0997. The number of urea groups is 1. The van der Waals surface area contributed by atoms with Gasteiger partial charge >= 0.3 is 12.0 Å². The van der Waals surface area contributed by atoms with Crippen molar-refractivity contribution in [2.24, 2.45) is 0 Å². The first-order chi connectivity index (χ1) is 18.9. The number of esters is 1. The van der Waals surface area contributed by atoms with Gasteiger partial charge in [-0.25, -0.2) is 9.59 Å². The van der Waals surface area contributed by atoms with Crippen molar-refractivity contribution in [3.05, 3.63) is 77.4 Å². The van der Waals surface area contributed by atoms with Gasteiger partial charge in [0.1, 0.15) is 11.3 Å². The van der Waals surface area contributed by atoms with Gasteiger partial charge in [0, 0.05) is 43.9 Å². The summed E-state index contributed by atoms with van der Waals surface area (Å²) < 4.78 is 10.9. The van der Waals surface area contributed by atoms with Gasteiger partial charge in [-0.3, -0.25) is 9.69 Å². The second-order valence-corrected chi connectivity index (χ2v) is 9.61. The van der Waals surface area contributed by atoms with Crippen molar-refractivity contribution < 1.29 is 23.9 Å². The molecular weight excluding hydrogens is 496 g/mol. The lowest BCUT2D eigenvalue weighted by atomic mass is 9.84. The summed E-state index contributed by atoms with van der Waals surface area (Å²) in [6, 6.07) is 12.4. The van der Waals surface area contributed by atoms with Gasteiger partial charge in [-0.1, -0.05) is 42.5 Å². The molecule has 2 aliphatic rings. The van der Waals surface area contributed by atoms with Gasteiger partial charge < -0.3 is 25.4 Å². The molecule has 2 amide bonds. The summed E-state index contributed by atoms with van der Waals surface area (Å²) in [4.78, 5) is 40.8. The minimum atomic E-state index is -0.892. The van der Waals surface area contributed by atoms with Crippen molar-refractivity contribution in [1.29, 1.82) is 0 Å². The fraction of sp³-hybridized carbons (Fsp3) is 0.367. The van der Waals surface area contributed by atoms with Gasteiger partial charge in [-0.15, -0.1) is 0 Å². The predicted octanol–water partition coefficient (Wildman–Crippen LogP) is 3.85. The molecule has 9 nitrogen and oxygen atoms in total. The SMILES string of the molecule is CCOC(=O)C1(N2CCNCC2)C=CC(C(=O)Cc2ccc(NC(=O)Nc3ccccc3C)c(OC)c2)=CC1. The van der Waals surface area contributed by atoms with E-state index in [1.54, 1.807) is 31.2 Å². The van der Waals surface area contributed by atoms with Crippen molar-refractivity contribution in [2.45, 2.75) is 32.2 Å². The van der Waals surface area contributed by atoms with Crippen LogP contribution in [0, 0.1) is 6.92 Å². The minimum Gasteiger partial charge on any atom is -0.495 e. The third-order valence-corrected chi connectivity index (χ3v) is 7.08. The van der Waals surface area contributed by atoms with Crippen LogP contribution in [0.3, 0.4) is 0 Å². The molecule has 3 N–H and O–H groups in total. The van der Waals surface area contributed by atoms with E-state index in [2.05, 4.69) is 20.9 Å². The number of methoxy groups -OCH3 is 1. The number of Topliss-reactive ketones (excluding diaryl/α,β-unsaturated/α-hetero) is 1. The Morgan fingerprint density at radius 2 is 1.79 bits per heavy atom. The van der Waals surface area contributed by atoms with Gasteiger partial charge in [-0.05, 0) is 49.6 Å². The first kappa shape index (κ1) is 28.1. The second-order valence-electron chi connectivity index (χ2n) is 9.61. The molecule has 1 saturated heterocycles. The second kappa shape index (κ2) is 12.7. The van der Waals surface area contributed by atoms with E-state index in [-0.39, 0.29) is 18.2 Å². The zero-order valence-electron chi connectivity index (χ0n) is 22.7. The average molecular weight is 533 g/mol. The number of carbonyl (C=O) groups is 3. The summed E-state index contributed by atoms with van der Waals surface area (Å²) in [5, 5.41) is 8.95. The van der Waals surface area contributed by atoms with Crippen LogP contribution < -0.4 is 20.7 Å². The Morgan fingerprint density at radius 3 is 2.46 bits per heavy atom. The van der Waals surface area contributed by atoms with Gasteiger partial charge in [0.05, 0.1) is 19.4 Å². The van der Waals surface area contributed by atoms with Crippen LogP contribution in [0.2, 0.25) is 0 Å². The number of ketones is 1. The summed E-state index contributed by atoms with van der Waals surface area (Å²) in [5.41, 5.74) is 2.58. The number of aryl methyl sites for hydroxylation is 1. The maximum Gasteiger partial charge on any atom is 0.330 e. The number of anilines is 2. The highest BCUT2D eigenvalue weighted by Crippen LogP contribution is 2.31. The van der Waals surface area contributed by atoms with E-state index in [0.29, 0.717) is 35.7 Å². The van der Waals surface area contributed by atoms with Crippen LogP contribution in [0.5, 0.6) is 5.75 Å². The molecular formula is C30H36N4O5. The molecule has 1 heterocycles. The number of carbonyl (C=O) groups excluding carboxylic acids is 3. The number of para-hydroxylation sites is 1. The molecule has 206 valence electrons. The van der Waals surface area contributed by atoms with E-state index in [0.717, 1.165) is 37.3 Å². The number of hydrogen-bond donors (Lipinski definition) is 3. The molecule has 1 aliphatic carbocycles. The number of piperazine rings is 1. The number of allylic oxidation sites excluding steroid dienone is 2. The molecule has 0 spiro atoms. The lowest BCUT2D eigenvalue weighted by Gasteiger charge is -2.42. The van der Waals surface area contributed by atoms with Crippen molar-refractivity contribution >= 4 is 29.2 Å². The van der Waals surface area contributed by atoms with E-state index in [1.807, 2.05) is 43.3 Å². The quantitative estimate of drug-likeness (QED) is 0.421. The zero-order valence-corrected chi connectivity index (χ0v) is 22.7. The Balaban J connectivity index is 1.42. The van der Waals surface area contributed by atoms with Gasteiger partial charge in [0.15, 0.2) is 5.78 Å². The molecule has 0 radical (unpaired) electrons. The van der Waals surface area contributed by atoms with Crippen molar-refractivity contribution in [3.63, 3.8) is 0 Å². The smallest absolute Gasteiger partial charge is 0.330 e. The van der Waals surface area contributed by atoms with Gasteiger partial charge in [0.25, 0.3) is 0 Å². The van der Waals surface area contributed by atoms with Crippen LogP contribution in [0.1, 0.15) is 24.5 Å². The number of nitrogens with zero attached hydrogens (tertiary/aromatic N) is 1. The molecule has 1 atom stereocenters. The Labute approximate surface area is 229 Å². The van der Waals surface area contributed by atoms with Crippen molar-refractivity contribution in [2.75, 3.05) is 50.5 Å². The van der Waals surface area contributed by atoms with Crippen molar-refractivity contribution in [3.8, 4) is 5.75 Å². The van der Waals surface area contributed by atoms with Crippen LogP contribution in [0.25, 0.3) is 0 Å². The summed E-state index contributed by atoms with van der Waals surface area (Å²) in [6.45, 7) is 7.06. The molecule has 1 aliphatic heterocycles. The predicted molar refractivity (Wildman–Crippen MR) is 151 cm³/mol. The first-order valence-electron chi connectivity index (χ1n) is 13.2. The minimum absolute atomic E-state index is 0.0657.